The number of Topliss-reactive ketones (excluding diaryl/α,β-unsaturated/α-hetero) is 1. The Labute approximate surface area is 228 Å². The first kappa shape index (κ1) is 24.9. The Hall–Kier alpha value is -3.43. The van der Waals surface area contributed by atoms with Gasteiger partial charge in [-0.2, -0.15) is 13.2 Å². The molecule has 0 N–H and O–H groups in total. The lowest BCUT2D eigenvalue weighted by Gasteiger charge is -2.36. The third kappa shape index (κ3) is 3.79. The molecule has 2 saturated heterocycles. The van der Waals surface area contributed by atoms with Crippen LogP contribution in [0.4, 0.5) is 24.5 Å². The summed E-state index contributed by atoms with van der Waals surface area (Å²) in [7, 11) is 0. The molecule has 5 nitrogen and oxygen atoms in total. The molecule has 3 aliphatic heterocycles. The molecule has 3 heterocycles. The molecule has 4 atom stereocenters. The number of anilines is 2. The Balaban J connectivity index is 1.48. The highest BCUT2D eigenvalue weighted by atomic mass is 79.9. The number of ketones is 1. The fourth-order valence-corrected chi connectivity index (χ4v) is 6.15. The molecule has 10 heteroatoms. The summed E-state index contributed by atoms with van der Waals surface area (Å²) in [5.41, 5.74) is 0.591. The van der Waals surface area contributed by atoms with E-state index >= 15 is 0 Å². The molecular weight excluding hydrogens is 585 g/mol. The van der Waals surface area contributed by atoms with Gasteiger partial charge in [0.25, 0.3) is 0 Å². The van der Waals surface area contributed by atoms with Gasteiger partial charge in [-0.3, -0.25) is 14.4 Å². The van der Waals surface area contributed by atoms with E-state index in [1.165, 1.54) is 6.07 Å². The molecule has 0 unspecified atom stereocenters. The van der Waals surface area contributed by atoms with Crippen molar-refractivity contribution < 1.29 is 27.6 Å². The molecule has 0 spiro atoms. The van der Waals surface area contributed by atoms with Crippen LogP contribution in [-0.4, -0.2) is 29.7 Å². The van der Waals surface area contributed by atoms with Crippen molar-refractivity contribution in [3.8, 4) is 0 Å². The van der Waals surface area contributed by atoms with Crippen LogP contribution in [0.3, 0.4) is 0 Å². The van der Waals surface area contributed by atoms with Crippen LogP contribution in [0, 0.1) is 11.8 Å². The number of fused-ring (bicyclic) bond motifs is 5. The fourth-order valence-electron chi connectivity index (χ4n) is 5.70. The summed E-state index contributed by atoms with van der Waals surface area (Å²) >= 11 is 9.53. The van der Waals surface area contributed by atoms with Gasteiger partial charge in [0, 0.05) is 20.7 Å². The molecule has 6 rings (SSSR count). The maximum atomic E-state index is 14.0. The Kier molecular flexibility index (Phi) is 5.77. The van der Waals surface area contributed by atoms with Gasteiger partial charge in [0.1, 0.15) is 6.04 Å². The summed E-state index contributed by atoms with van der Waals surface area (Å²) in [6.45, 7) is 0. The maximum Gasteiger partial charge on any atom is 0.416 e. The lowest BCUT2D eigenvalue weighted by Crippen LogP contribution is -2.48. The maximum absolute atomic E-state index is 14.0. The predicted octanol–water partition coefficient (Wildman–Crippen LogP) is 6.39. The number of imide groups is 1. The van der Waals surface area contributed by atoms with Crippen LogP contribution in [0.15, 0.2) is 77.3 Å². The van der Waals surface area contributed by atoms with Gasteiger partial charge in [0.15, 0.2) is 5.78 Å². The minimum absolute atomic E-state index is 0.169. The summed E-state index contributed by atoms with van der Waals surface area (Å²) in [6.07, 6.45) is -1.10. The lowest BCUT2D eigenvalue weighted by molar-refractivity contribution is -0.137. The second kappa shape index (κ2) is 8.81. The van der Waals surface area contributed by atoms with Crippen LogP contribution in [0.25, 0.3) is 6.08 Å². The summed E-state index contributed by atoms with van der Waals surface area (Å²) < 4.78 is 40.9. The van der Waals surface area contributed by atoms with E-state index in [-0.39, 0.29) is 11.5 Å². The van der Waals surface area contributed by atoms with Crippen LogP contribution in [0.1, 0.15) is 21.5 Å². The van der Waals surface area contributed by atoms with Gasteiger partial charge >= 0.3 is 6.18 Å². The lowest BCUT2D eigenvalue weighted by atomic mass is 9.86. The second-order valence-electron chi connectivity index (χ2n) is 9.39. The van der Waals surface area contributed by atoms with Crippen LogP contribution in [0.5, 0.6) is 0 Å². The summed E-state index contributed by atoms with van der Waals surface area (Å²) in [5, 5.41) is 0.491. The molecule has 192 valence electrons. The zero-order valence-electron chi connectivity index (χ0n) is 19.3. The molecule has 3 aromatic rings. The summed E-state index contributed by atoms with van der Waals surface area (Å²) in [5.74, 6) is -3.75. The highest BCUT2D eigenvalue weighted by Gasteiger charge is 2.64. The molecule has 0 radical (unpaired) electrons. The van der Waals surface area contributed by atoms with Crippen molar-refractivity contribution in [1.82, 2.24) is 0 Å². The number of carbonyl (C=O) groups is 3. The molecule has 0 saturated carbocycles. The van der Waals surface area contributed by atoms with E-state index in [0.29, 0.717) is 16.3 Å². The van der Waals surface area contributed by atoms with Crippen molar-refractivity contribution in [1.29, 1.82) is 0 Å². The fraction of sp³-hybridized carbons (Fsp3) is 0.179. The topological polar surface area (TPSA) is 57.7 Å². The highest BCUT2D eigenvalue weighted by Crippen LogP contribution is 2.50. The number of hydrogen-bond acceptors (Lipinski definition) is 4. The van der Waals surface area contributed by atoms with E-state index in [1.54, 1.807) is 59.5 Å². The number of carbonyl (C=O) groups excluding carboxylic acids is 3. The molecule has 0 aromatic heterocycles. The van der Waals surface area contributed by atoms with Crippen molar-refractivity contribution in [3.63, 3.8) is 0 Å². The van der Waals surface area contributed by atoms with E-state index in [0.717, 1.165) is 33.1 Å². The SMILES string of the molecule is O=C(c1ccc(Br)cc1)[C@@H]1[C@@H]2C(=O)N(c3cccc(C(F)(F)F)c3)C(=O)[C@@H]2[C@@H]2C=Cc3cc(Cl)ccc3N12. The smallest absolute Gasteiger partial charge is 0.352 e. The van der Waals surface area contributed by atoms with Gasteiger partial charge < -0.3 is 4.90 Å². The Morgan fingerprint density at radius 2 is 1.63 bits per heavy atom. The van der Waals surface area contributed by atoms with E-state index in [9.17, 15) is 27.6 Å². The number of nitrogens with zero attached hydrogens (tertiary/aromatic N) is 2. The zero-order chi connectivity index (χ0) is 26.9. The molecule has 3 aliphatic rings. The van der Waals surface area contributed by atoms with Crippen molar-refractivity contribution in [2.45, 2.75) is 18.3 Å². The van der Waals surface area contributed by atoms with E-state index in [2.05, 4.69) is 15.9 Å². The zero-order valence-corrected chi connectivity index (χ0v) is 21.7. The van der Waals surface area contributed by atoms with Gasteiger partial charge in [0.05, 0.1) is 29.1 Å². The first-order chi connectivity index (χ1) is 18.1. The number of amides is 2. The van der Waals surface area contributed by atoms with Crippen LogP contribution >= 0.6 is 27.5 Å². The first-order valence-electron chi connectivity index (χ1n) is 11.7. The largest absolute Gasteiger partial charge is 0.416 e. The minimum atomic E-state index is -4.65. The Morgan fingerprint density at radius 1 is 0.921 bits per heavy atom. The average molecular weight is 602 g/mol. The van der Waals surface area contributed by atoms with Crippen molar-refractivity contribution in [2.24, 2.45) is 11.8 Å². The molecule has 38 heavy (non-hydrogen) atoms. The molecule has 0 aliphatic carbocycles. The normalized spacial score (nSPS) is 23.9. The second-order valence-corrected chi connectivity index (χ2v) is 10.7. The molecule has 2 amide bonds. The van der Waals surface area contributed by atoms with Crippen molar-refractivity contribution >= 4 is 62.6 Å². The van der Waals surface area contributed by atoms with Crippen molar-refractivity contribution in [2.75, 3.05) is 9.80 Å². The number of hydrogen-bond donors (Lipinski definition) is 0. The van der Waals surface area contributed by atoms with Gasteiger partial charge in [-0.15, -0.1) is 0 Å². The Morgan fingerprint density at radius 3 is 2.34 bits per heavy atom. The van der Waals surface area contributed by atoms with Crippen molar-refractivity contribution in [3.05, 3.63) is 99.0 Å². The number of rotatable bonds is 3. The summed E-state index contributed by atoms with van der Waals surface area (Å²) in [6, 6.07) is 14.2. The average Bonchev–Trinajstić information content (AvgIpc) is 3.36. The minimum Gasteiger partial charge on any atom is -0.352 e. The third-order valence-electron chi connectivity index (χ3n) is 7.30. The van der Waals surface area contributed by atoms with Crippen LogP contribution in [-0.2, 0) is 15.8 Å². The molecular formula is C28H17BrClF3N2O3. The van der Waals surface area contributed by atoms with Gasteiger partial charge in [-0.05, 0) is 54.1 Å². The van der Waals surface area contributed by atoms with Gasteiger partial charge in [-0.25, -0.2) is 4.90 Å². The third-order valence-corrected chi connectivity index (χ3v) is 8.06. The monoisotopic (exact) mass is 600 g/mol. The standard InChI is InChI=1S/C28H17BrClF3N2O3/c29-17-7-4-14(5-8-17)25(36)24-23-22(21-10-6-15-12-18(30)9-11-20(15)35(21)24)26(37)34(27(23)38)19-3-1-2-16(13-19)28(31,32)33/h1-13,21-24H/t21-,22+,23+,24-/m0/s1. The molecule has 2 fully saturated rings. The van der Waals surface area contributed by atoms with E-state index in [4.69, 9.17) is 11.6 Å². The quantitative estimate of drug-likeness (QED) is 0.258. The predicted molar refractivity (Wildman–Crippen MR) is 140 cm³/mol. The summed E-state index contributed by atoms with van der Waals surface area (Å²) in [4.78, 5) is 44.2. The first-order valence-corrected chi connectivity index (χ1v) is 12.8. The number of benzene rings is 3. The van der Waals surface area contributed by atoms with Crippen LogP contribution in [0.2, 0.25) is 5.02 Å². The van der Waals surface area contributed by atoms with E-state index < -0.39 is 47.5 Å². The van der Waals surface area contributed by atoms with Gasteiger partial charge in [-0.1, -0.05) is 57.9 Å². The molecule has 0 bridgehead atoms. The molecule has 3 aromatic carbocycles. The van der Waals surface area contributed by atoms with E-state index in [1.807, 2.05) is 0 Å². The number of halogens is 5. The Bertz CT molecular complexity index is 1540. The van der Waals surface area contributed by atoms with Gasteiger partial charge in [0.2, 0.25) is 11.8 Å². The highest BCUT2D eigenvalue weighted by molar-refractivity contribution is 9.10. The number of alkyl halides is 3. The van der Waals surface area contributed by atoms with Crippen LogP contribution < -0.4 is 9.80 Å².